The molecule has 1 heterocycles. The molecule has 1 fully saturated rings. The molecular weight excluding hydrogens is 190 g/mol. The van der Waals surface area contributed by atoms with Gasteiger partial charge in [-0.3, -0.25) is 4.79 Å². The van der Waals surface area contributed by atoms with E-state index in [1.54, 1.807) is 0 Å². The quantitative estimate of drug-likeness (QED) is 0.655. The third-order valence-corrected chi connectivity index (χ3v) is 3.12. The molecule has 0 amide bonds. The summed E-state index contributed by atoms with van der Waals surface area (Å²) in [6.45, 7) is 7.78. The number of hydrogen-bond acceptors (Lipinski definition) is 3. The monoisotopic (exact) mass is 213 g/mol. The van der Waals surface area contributed by atoms with Crippen LogP contribution < -0.4 is 0 Å². The molecule has 0 bridgehead atoms. The van der Waals surface area contributed by atoms with Crippen LogP contribution in [0.15, 0.2) is 0 Å². The summed E-state index contributed by atoms with van der Waals surface area (Å²) in [5.41, 5.74) is 0. The number of rotatable bonds is 5. The number of piperidine rings is 1. The van der Waals surface area contributed by atoms with Crippen LogP contribution in [0.3, 0.4) is 0 Å². The summed E-state index contributed by atoms with van der Waals surface area (Å²) in [6, 6.07) is 0. The molecule has 1 saturated heterocycles. The van der Waals surface area contributed by atoms with E-state index in [2.05, 4.69) is 11.8 Å². The normalized spacial score (nSPS) is 22.7. The fourth-order valence-corrected chi connectivity index (χ4v) is 2.17. The highest BCUT2D eigenvalue weighted by molar-refractivity contribution is 5.69. The second kappa shape index (κ2) is 6.83. The summed E-state index contributed by atoms with van der Waals surface area (Å²) in [6.07, 6.45) is 4.44. The molecule has 0 aromatic carbocycles. The van der Waals surface area contributed by atoms with Crippen molar-refractivity contribution in [3.63, 3.8) is 0 Å². The zero-order valence-electron chi connectivity index (χ0n) is 10.00. The van der Waals surface area contributed by atoms with E-state index < -0.39 is 0 Å². The Morgan fingerprint density at radius 1 is 1.47 bits per heavy atom. The summed E-state index contributed by atoms with van der Waals surface area (Å²) >= 11 is 0. The Morgan fingerprint density at radius 3 is 2.93 bits per heavy atom. The van der Waals surface area contributed by atoms with Gasteiger partial charge in [0.25, 0.3) is 0 Å². The van der Waals surface area contributed by atoms with Gasteiger partial charge in [-0.05, 0) is 32.2 Å². The maximum absolute atomic E-state index is 11.2. The summed E-state index contributed by atoms with van der Waals surface area (Å²) in [4.78, 5) is 13.6. The van der Waals surface area contributed by atoms with Crippen LogP contribution in [0, 0.1) is 5.92 Å². The average Bonchev–Trinajstić information content (AvgIpc) is 2.27. The molecular formula is C12H23NO2. The van der Waals surface area contributed by atoms with E-state index in [1.807, 2.05) is 6.92 Å². The maximum Gasteiger partial charge on any atom is 0.307 e. The summed E-state index contributed by atoms with van der Waals surface area (Å²) in [5.74, 6) is 0.775. The van der Waals surface area contributed by atoms with E-state index in [9.17, 15) is 4.79 Å². The van der Waals surface area contributed by atoms with E-state index in [-0.39, 0.29) is 5.97 Å². The Morgan fingerprint density at radius 2 is 2.27 bits per heavy atom. The lowest BCUT2D eigenvalue weighted by molar-refractivity contribution is -0.143. The number of carbonyl (C=O) groups is 1. The SMILES string of the molecule is CCOC(=O)CCN1CCCC(CC)C1. The van der Waals surface area contributed by atoms with Crippen molar-refractivity contribution in [2.45, 2.75) is 39.5 Å². The van der Waals surface area contributed by atoms with Gasteiger partial charge in [-0.2, -0.15) is 0 Å². The number of nitrogens with zero attached hydrogens (tertiary/aromatic N) is 1. The Kier molecular flexibility index (Phi) is 5.69. The second-order valence-electron chi connectivity index (χ2n) is 4.27. The first-order valence-electron chi connectivity index (χ1n) is 6.14. The lowest BCUT2D eigenvalue weighted by atomic mass is 9.95. The van der Waals surface area contributed by atoms with Gasteiger partial charge < -0.3 is 9.64 Å². The van der Waals surface area contributed by atoms with Crippen molar-refractivity contribution in [2.24, 2.45) is 5.92 Å². The molecule has 88 valence electrons. The maximum atomic E-state index is 11.2. The predicted octanol–water partition coefficient (Wildman–Crippen LogP) is 2.06. The molecule has 0 aromatic rings. The number of carbonyl (C=O) groups excluding carboxylic acids is 1. The molecule has 1 aliphatic heterocycles. The standard InChI is InChI=1S/C12H23NO2/c1-3-11-6-5-8-13(10-11)9-7-12(14)15-4-2/h11H,3-10H2,1-2H3. The van der Waals surface area contributed by atoms with Crippen molar-refractivity contribution in [1.82, 2.24) is 4.90 Å². The number of esters is 1. The Bertz CT molecular complexity index is 194. The van der Waals surface area contributed by atoms with E-state index in [1.165, 1.54) is 19.3 Å². The zero-order chi connectivity index (χ0) is 11.1. The van der Waals surface area contributed by atoms with Gasteiger partial charge in [-0.25, -0.2) is 0 Å². The van der Waals surface area contributed by atoms with Crippen molar-refractivity contribution < 1.29 is 9.53 Å². The largest absolute Gasteiger partial charge is 0.466 e. The van der Waals surface area contributed by atoms with Crippen molar-refractivity contribution in [3.8, 4) is 0 Å². The second-order valence-corrected chi connectivity index (χ2v) is 4.27. The average molecular weight is 213 g/mol. The highest BCUT2D eigenvalue weighted by Crippen LogP contribution is 2.18. The molecule has 1 atom stereocenters. The molecule has 3 nitrogen and oxygen atoms in total. The van der Waals surface area contributed by atoms with Crippen LogP contribution in [0.5, 0.6) is 0 Å². The molecule has 0 spiro atoms. The highest BCUT2D eigenvalue weighted by atomic mass is 16.5. The third kappa shape index (κ3) is 4.65. The molecule has 3 heteroatoms. The number of hydrogen-bond donors (Lipinski definition) is 0. The van der Waals surface area contributed by atoms with Crippen molar-refractivity contribution in [2.75, 3.05) is 26.2 Å². The topological polar surface area (TPSA) is 29.5 Å². The minimum Gasteiger partial charge on any atom is -0.466 e. The van der Waals surface area contributed by atoms with Gasteiger partial charge in [0.05, 0.1) is 13.0 Å². The van der Waals surface area contributed by atoms with Crippen LogP contribution in [0.4, 0.5) is 0 Å². The first-order chi connectivity index (χ1) is 7.26. The van der Waals surface area contributed by atoms with E-state index >= 15 is 0 Å². The van der Waals surface area contributed by atoms with Crippen LogP contribution >= 0.6 is 0 Å². The Labute approximate surface area is 92.8 Å². The first kappa shape index (κ1) is 12.5. The van der Waals surface area contributed by atoms with E-state index in [0.29, 0.717) is 13.0 Å². The van der Waals surface area contributed by atoms with Gasteiger partial charge in [0.15, 0.2) is 0 Å². The Hall–Kier alpha value is -0.570. The molecule has 1 aliphatic rings. The molecule has 1 rings (SSSR count). The first-order valence-corrected chi connectivity index (χ1v) is 6.14. The van der Waals surface area contributed by atoms with Crippen LogP contribution in [0.25, 0.3) is 0 Å². The van der Waals surface area contributed by atoms with Gasteiger partial charge in [0.1, 0.15) is 0 Å². The van der Waals surface area contributed by atoms with Crippen LogP contribution in [0.2, 0.25) is 0 Å². The third-order valence-electron chi connectivity index (χ3n) is 3.12. The fourth-order valence-electron chi connectivity index (χ4n) is 2.17. The highest BCUT2D eigenvalue weighted by Gasteiger charge is 2.18. The van der Waals surface area contributed by atoms with Gasteiger partial charge in [0, 0.05) is 13.1 Å². The smallest absolute Gasteiger partial charge is 0.307 e. The molecule has 0 aliphatic carbocycles. The van der Waals surface area contributed by atoms with E-state index in [0.717, 1.165) is 25.6 Å². The number of ether oxygens (including phenoxy) is 1. The minimum absolute atomic E-state index is 0.0591. The number of likely N-dealkylation sites (tertiary alicyclic amines) is 1. The molecule has 0 saturated carbocycles. The molecule has 0 radical (unpaired) electrons. The lowest BCUT2D eigenvalue weighted by Gasteiger charge is -2.31. The zero-order valence-corrected chi connectivity index (χ0v) is 10.00. The van der Waals surface area contributed by atoms with Crippen LogP contribution in [-0.4, -0.2) is 37.1 Å². The molecule has 15 heavy (non-hydrogen) atoms. The lowest BCUT2D eigenvalue weighted by Crippen LogP contribution is -2.36. The van der Waals surface area contributed by atoms with Crippen LogP contribution in [-0.2, 0) is 9.53 Å². The van der Waals surface area contributed by atoms with E-state index in [4.69, 9.17) is 4.74 Å². The Balaban J connectivity index is 2.17. The fraction of sp³-hybridized carbons (Fsp3) is 0.917. The van der Waals surface area contributed by atoms with Crippen molar-refractivity contribution >= 4 is 5.97 Å². The summed E-state index contributed by atoms with van der Waals surface area (Å²) in [7, 11) is 0. The van der Waals surface area contributed by atoms with Gasteiger partial charge in [-0.15, -0.1) is 0 Å². The van der Waals surface area contributed by atoms with Crippen molar-refractivity contribution in [3.05, 3.63) is 0 Å². The molecule has 0 aromatic heterocycles. The van der Waals surface area contributed by atoms with Gasteiger partial charge in [0.2, 0.25) is 0 Å². The predicted molar refractivity (Wildman–Crippen MR) is 60.7 cm³/mol. The molecule has 0 N–H and O–H groups in total. The van der Waals surface area contributed by atoms with Gasteiger partial charge >= 0.3 is 5.97 Å². The van der Waals surface area contributed by atoms with Crippen LogP contribution in [0.1, 0.15) is 39.5 Å². The minimum atomic E-state index is -0.0591. The summed E-state index contributed by atoms with van der Waals surface area (Å²) < 4.78 is 4.92. The summed E-state index contributed by atoms with van der Waals surface area (Å²) in [5, 5.41) is 0. The molecule has 1 unspecified atom stereocenters. The van der Waals surface area contributed by atoms with Crippen molar-refractivity contribution in [1.29, 1.82) is 0 Å². The van der Waals surface area contributed by atoms with Gasteiger partial charge in [-0.1, -0.05) is 13.3 Å².